The highest BCUT2D eigenvalue weighted by atomic mass is 15.1. The van der Waals surface area contributed by atoms with E-state index in [-0.39, 0.29) is 0 Å². The molecule has 2 heteroatoms. The van der Waals surface area contributed by atoms with Gasteiger partial charge in [0, 0.05) is 11.3 Å². The summed E-state index contributed by atoms with van der Waals surface area (Å²) < 4.78 is 2.28. The maximum Gasteiger partial charge on any atom is 0.145 e. The van der Waals surface area contributed by atoms with Gasteiger partial charge in [0.15, 0.2) is 0 Å². The second-order valence-corrected chi connectivity index (χ2v) is 16.2. The maximum absolute atomic E-state index is 5.08. The van der Waals surface area contributed by atoms with Crippen LogP contribution in [0.3, 0.4) is 0 Å². The van der Waals surface area contributed by atoms with Crippen LogP contribution in [0.25, 0.3) is 127 Å². The normalized spacial score (nSPS) is 11.9. The summed E-state index contributed by atoms with van der Waals surface area (Å²) in [6, 6.07) is 79.9. The molecule has 0 radical (unpaired) electrons. The van der Waals surface area contributed by atoms with E-state index in [2.05, 4.69) is 223 Å². The van der Waals surface area contributed by atoms with Gasteiger partial charge in [0.2, 0.25) is 0 Å². The Morgan fingerprint density at radius 1 is 0.279 bits per heavy atom. The fourth-order valence-electron chi connectivity index (χ4n) is 10.2. The van der Waals surface area contributed by atoms with Crippen molar-refractivity contribution in [2.24, 2.45) is 0 Å². The van der Waals surface area contributed by atoms with Crippen LogP contribution in [-0.4, -0.2) is 9.55 Å². The van der Waals surface area contributed by atoms with Crippen molar-refractivity contribution in [3.63, 3.8) is 0 Å². The average molecular weight is 773 g/mol. The van der Waals surface area contributed by atoms with Gasteiger partial charge in [-0.2, -0.15) is 0 Å². The third-order valence-corrected chi connectivity index (χ3v) is 12.9. The number of rotatable bonds is 5. The van der Waals surface area contributed by atoms with Crippen LogP contribution in [0.4, 0.5) is 0 Å². The van der Waals surface area contributed by atoms with Gasteiger partial charge in [-0.3, -0.25) is 4.57 Å². The van der Waals surface area contributed by atoms with Gasteiger partial charge >= 0.3 is 0 Å². The van der Waals surface area contributed by atoms with Crippen molar-refractivity contribution >= 4 is 54.1 Å². The van der Waals surface area contributed by atoms with Gasteiger partial charge in [-0.05, 0) is 147 Å². The Morgan fingerprint density at radius 2 is 0.770 bits per heavy atom. The first-order valence-electron chi connectivity index (χ1n) is 21.0. The van der Waals surface area contributed by atoms with Crippen LogP contribution in [0.1, 0.15) is 0 Å². The summed E-state index contributed by atoms with van der Waals surface area (Å²) in [4.78, 5) is 5.08. The first-order chi connectivity index (χ1) is 30.3. The zero-order valence-corrected chi connectivity index (χ0v) is 33.2. The van der Waals surface area contributed by atoms with Crippen molar-refractivity contribution in [1.29, 1.82) is 0 Å². The number of fused-ring (bicyclic) bond motifs is 9. The lowest BCUT2D eigenvalue weighted by molar-refractivity contribution is 1.10. The van der Waals surface area contributed by atoms with E-state index in [4.69, 9.17) is 4.98 Å². The second kappa shape index (κ2) is 13.2. The predicted octanol–water partition coefficient (Wildman–Crippen LogP) is 16.0. The minimum absolute atomic E-state index is 0.942. The van der Waals surface area contributed by atoms with E-state index in [1.165, 1.54) is 98.7 Å². The van der Waals surface area contributed by atoms with Crippen LogP contribution < -0.4 is 0 Å². The third kappa shape index (κ3) is 5.13. The SMILES string of the molecule is c1ccc(-c2cc3c4cc5c(cc4c(-c4ccccc4)cc3c3ccccc23)-c2cccc3c(-c4ccc(-n6c(-c7ccccc7)nc7ccccc76)cc4)ccc-5c23)cc1. The van der Waals surface area contributed by atoms with Crippen LogP contribution in [0.2, 0.25) is 0 Å². The number of para-hydroxylation sites is 2. The van der Waals surface area contributed by atoms with Crippen molar-refractivity contribution < 1.29 is 0 Å². The van der Waals surface area contributed by atoms with Crippen LogP contribution in [0, 0.1) is 0 Å². The Hall–Kier alpha value is -8.07. The largest absolute Gasteiger partial charge is 0.292 e. The molecule has 11 aromatic carbocycles. The highest BCUT2D eigenvalue weighted by Gasteiger charge is 2.26. The standard InChI is InChI=1S/C59H36N2/c1-4-15-37(16-5-1)48-33-54-50(44-22-11-10-21-43(44)48)34-49(38-17-6-2-7-18-38)53-35-51-46-24-14-23-45-42(31-32-47(58(45)46)52(51)36-55(53)54)39-27-29-41(30-28-39)61-57-26-13-12-25-56(57)60-59(61)40-19-8-3-9-20-40/h1-36H. The average Bonchev–Trinajstić information content (AvgIpc) is 3.88. The van der Waals surface area contributed by atoms with E-state index in [1.807, 2.05) is 0 Å². The first kappa shape index (κ1) is 33.9. The molecular formula is C59H36N2. The lowest BCUT2D eigenvalue weighted by Crippen LogP contribution is -1.97. The van der Waals surface area contributed by atoms with Crippen LogP contribution in [0.5, 0.6) is 0 Å². The summed E-state index contributed by atoms with van der Waals surface area (Å²) >= 11 is 0. The zero-order valence-electron chi connectivity index (χ0n) is 33.2. The van der Waals surface area contributed by atoms with Crippen LogP contribution in [-0.2, 0) is 0 Å². The minimum atomic E-state index is 0.942. The van der Waals surface area contributed by atoms with Crippen molar-refractivity contribution in [3.8, 4) is 72.7 Å². The highest BCUT2D eigenvalue weighted by molar-refractivity contribution is 6.27. The number of imidazole rings is 1. The van der Waals surface area contributed by atoms with E-state index in [0.717, 1.165) is 28.1 Å². The van der Waals surface area contributed by atoms with Crippen molar-refractivity contribution in [3.05, 3.63) is 218 Å². The van der Waals surface area contributed by atoms with Crippen molar-refractivity contribution in [1.82, 2.24) is 9.55 Å². The van der Waals surface area contributed by atoms with Gasteiger partial charge in [0.25, 0.3) is 0 Å². The molecular weight excluding hydrogens is 737 g/mol. The van der Waals surface area contributed by atoms with Crippen molar-refractivity contribution in [2.45, 2.75) is 0 Å². The molecule has 0 bridgehead atoms. The second-order valence-electron chi connectivity index (χ2n) is 16.2. The molecule has 0 unspecified atom stereocenters. The molecule has 0 spiro atoms. The number of hydrogen-bond acceptors (Lipinski definition) is 1. The summed E-state index contributed by atoms with van der Waals surface area (Å²) in [5.41, 5.74) is 16.8. The van der Waals surface area contributed by atoms with Crippen LogP contribution >= 0.6 is 0 Å². The smallest absolute Gasteiger partial charge is 0.145 e. The molecule has 1 aliphatic rings. The fraction of sp³-hybridized carbons (Fsp3) is 0. The lowest BCUT2D eigenvalue weighted by Gasteiger charge is -2.17. The summed E-state index contributed by atoms with van der Waals surface area (Å²) in [5.74, 6) is 0.942. The van der Waals surface area contributed by atoms with E-state index < -0.39 is 0 Å². The molecule has 0 amide bonds. The Bertz CT molecular complexity index is 3710. The molecule has 13 rings (SSSR count). The first-order valence-corrected chi connectivity index (χ1v) is 21.0. The van der Waals surface area contributed by atoms with E-state index >= 15 is 0 Å². The molecule has 1 aromatic heterocycles. The van der Waals surface area contributed by atoms with E-state index in [0.29, 0.717) is 0 Å². The fourth-order valence-corrected chi connectivity index (χ4v) is 10.2. The maximum atomic E-state index is 5.08. The van der Waals surface area contributed by atoms with Crippen LogP contribution in [0.15, 0.2) is 218 Å². The molecule has 0 aliphatic heterocycles. The van der Waals surface area contributed by atoms with Gasteiger partial charge in [0.05, 0.1) is 11.0 Å². The summed E-state index contributed by atoms with van der Waals surface area (Å²) in [5, 5.41) is 10.2. The van der Waals surface area contributed by atoms with Gasteiger partial charge < -0.3 is 0 Å². The number of aromatic nitrogens is 2. The Labute approximate surface area is 353 Å². The molecule has 0 fully saturated rings. The summed E-state index contributed by atoms with van der Waals surface area (Å²) in [7, 11) is 0. The predicted molar refractivity (Wildman–Crippen MR) is 257 cm³/mol. The molecule has 1 aliphatic carbocycles. The third-order valence-electron chi connectivity index (χ3n) is 12.9. The topological polar surface area (TPSA) is 17.8 Å². The lowest BCUT2D eigenvalue weighted by atomic mass is 9.86. The molecule has 12 aromatic rings. The molecule has 0 saturated heterocycles. The molecule has 2 nitrogen and oxygen atoms in total. The molecule has 0 saturated carbocycles. The molecule has 61 heavy (non-hydrogen) atoms. The van der Waals surface area contributed by atoms with Gasteiger partial charge in [-0.15, -0.1) is 0 Å². The van der Waals surface area contributed by atoms with Gasteiger partial charge in [-0.1, -0.05) is 170 Å². The van der Waals surface area contributed by atoms with Crippen molar-refractivity contribution in [2.75, 3.05) is 0 Å². The number of benzene rings is 11. The highest BCUT2D eigenvalue weighted by Crippen LogP contribution is 2.53. The Balaban J connectivity index is 1.01. The molecule has 0 atom stereocenters. The summed E-state index contributed by atoms with van der Waals surface area (Å²) in [6.07, 6.45) is 0. The zero-order chi connectivity index (χ0) is 40.0. The minimum Gasteiger partial charge on any atom is -0.292 e. The molecule has 0 N–H and O–H groups in total. The van der Waals surface area contributed by atoms with E-state index in [1.54, 1.807) is 0 Å². The Morgan fingerprint density at radius 3 is 1.49 bits per heavy atom. The molecule has 282 valence electrons. The number of hydrogen-bond donors (Lipinski definition) is 0. The van der Waals surface area contributed by atoms with Gasteiger partial charge in [0.1, 0.15) is 5.82 Å². The van der Waals surface area contributed by atoms with E-state index in [9.17, 15) is 0 Å². The molecule has 1 heterocycles. The number of nitrogens with zero attached hydrogens (tertiary/aromatic N) is 2. The quantitative estimate of drug-likeness (QED) is 0.159. The summed E-state index contributed by atoms with van der Waals surface area (Å²) in [6.45, 7) is 0. The Kier molecular flexibility index (Phi) is 7.34. The monoisotopic (exact) mass is 772 g/mol. The van der Waals surface area contributed by atoms with Gasteiger partial charge in [-0.25, -0.2) is 4.98 Å².